The molecule has 0 unspecified atom stereocenters. The molecule has 0 saturated carbocycles. The first-order valence-corrected chi connectivity index (χ1v) is 4.07. The van der Waals surface area contributed by atoms with Gasteiger partial charge in [-0.2, -0.15) is 0 Å². The molecule has 0 saturated heterocycles. The maximum atomic E-state index is 12.9. The lowest BCUT2D eigenvalue weighted by molar-refractivity contribution is 0.431. The second-order valence-electron chi connectivity index (χ2n) is 2.68. The van der Waals surface area contributed by atoms with Gasteiger partial charge < -0.3 is 16.6 Å². The summed E-state index contributed by atoms with van der Waals surface area (Å²) in [6.07, 6.45) is 0. The molecular formula is C8H10ClFN2O. The monoisotopic (exact) mass is 204 g/mol. The highest BCUT2D eigenvalue weighted by Gasteiger charge is 2.11. The second kappa shape index (κ2) is 3.91. The van der Waals surface area contributed by atoms with Gasteiger partial charge in [0.1, 0.15) is 0 Å². The van der Waals surface area contributed by atoms with Crippen LogP contribution in [0.3, 0.4) is 0 Å². The third kappa shape index (κ3) is 2.09. The van der Waals surface area contributed by atoms with Crippen molar-refractivity contribution in [3.63, 3.8) is 0 Å². The molecule has 0 aromatic heterocycles. The maximum absolute atomic E-state index is 12.9. The summed E-state index contributed by atoms with van der Waals surface area (Å²) in [7, 11) is 0. The Kier molecular flexibility index (Phi) is 3.08. The number of hydrogen-bond acceptors (Lipinski definition) is 3. The zero-order chi connectivity index (χ0) is 10.0. The third-order valence-corrected chi connectivity index (χ3v) is 2.01. The van der Waals surface area contributed by atoms with Gasteiger partial charge >= 0.3 is 0 Å². The Hall–Kier alpha value is -0.840. The first-order chi connectivity index (χ1) is 6.06. The van der Waals surface area contributed by atoms with E-state index in [1.807, 2.05) is 0 Å². The first-order valence-electron chi connectivity index (χ1n) is 3.69. The van der Waals surface area contributed by atoms with Crippen LogP contribution in [0.1, 0.15) is 11.6 Å². The summed E-state index contributed by atoms with van der Waals surface area (Å²) in [6, 6.07) is 2.06. The molecule has 72 valence electrons. The van der Waals surface area contributed by atoms with Crippen molar-refractivity contribution < 1.29 is 9.50 Å². The first kappa shape index (κ1) is 10.2. The minimum absolute atomic E-state index is 0.0566. The molecule has 0 spiro atoms. The molecule has 1 rings (SSSR count). The lowest BCUT2D eigenvalue weighted by Crippen LogP contribution is -2.20. The van der Waals surface area contributed by atoms with Crippen LogP contribution in [0.2, 0.25) is 5.02 Å². The van der Waals surface area contributed by atoms with Gasteiger partial charge in [-0.25, -0.2) is 4.39 Å². The molecule has 0 radical (unpaired) electrons. The largest absolute Gasteiger partial charge is 0.504 e. The minimum Gasteiger partial charge on any atom is -0.504 e. The Bertz CT molecular complexity index is 296. The van der Waals surface area contributed by atoms with Crippen LogP contribution in [0.4, 0.5) is 4.39 Å². The van der Waals surface area contributed by atoms with E-state index in [4.69, 9.17) is 28.2 Å². The molecule has 0 aliphatic heterocycles. The highest BCUT2D eigenvalue weighted by atomic mass is 35.5. The van der Waals surface area contributed by atoms with E-state index >= 15 is 0 Å². The van der Waals surface area contributed by atoms with Gasteiger partial charge in [-0.1, -0.05) is 11.6 Å². The van der Waals surface area contributed by atoms with E-state index in [9.17, 15) is 4.39 Å². The van der Waals surface area contributed by atoms with Crippen LogP contribution in [0, 0.1) is 5.82 Å². The van der Waals surface area contributed by atoms with E-state index in [0.29, 0.717) is 5.56 Å². The highest BCUT2D eigenvalue weighted by Crippen LogP contribution is 2.29. The Morgan fingerprint density at radius 3 is 2.62 bits per heavy atom. The van der Waals surface area contributed by atoms with Crippen LogP contribution in [0.25, 0.3) is 0 Å². The summed E-state index contributed by atoms with van der Waals surface area (Å²) < 4.78 is 12.9. The van der Waals surface area contributed by atoms with Gasteiger partial charge in [-0.05, 0) is 17.7 Å². The van der Waals surface area contributed by atoms with E-state index in [1.165, 1.54) is 6.07 Å². The number of rotatable bonds is 2. The van der Waals surface area contributed by atoms with Gasteiger partial charge in [0.2, 0.25) is 0 Å². The van der Waals surface area contributed by atoms with Crippen molar-refractivity contribution in [1.29, 1.82) is 0 Å². The molecule has 0 aliphatic rings. The number of hydrogen-bond donors (Lipinski definition) is 3. The van der Waals surface area contributed by atoms with Gasteiger partial charge in [-0.15, -0.1) is 0 Å². The molecule has 13 heavy (non-hydrogen) atoms. The summed E-state index contributed by atoms with van der Waals surface area (Å²) in [5.41, 5.74) is 11.3. The average Bonchev–Trinajstić information content (AvgIpc) is 2.12. The van der Waals surface area contributed by atoms with E-state index in [2.05, 4.69) is 0 Å². The van der Waals surface area contributed by atoms with Crippen LogP contribution in [0.5, 0.6) is 5.75 Å². The van der Waals surface area contributed by atoms with E-state index in [-0.39, 0.29) is 11.6 Å². The molecule has 5 heteroatoms. The molecule has 0 aliphatic carbocycles. The Morgan fingerprint density at radius 2 is 2.15 bits per heavy atom. The fourth-order valence-corrected chi connectivity index (χ4v) is 1.15. The predicted octanol–water partition coefficient (Wildman–Crippen LogP) is 1.14. The summed E-state index contributed by atoms with van der Waals surface area (Å²) in [6.45, 7) is 0.195. The molecule has 3 nitrogen and oxygen atoms in total. The number of aromatic hydroxyl groups is 1. The fourth-order valence-electron chi connectivity index (χ4n) is 0.935. The zero-order valence-electron chi connectivity index (χ0n) is 6.80. The Labute approximate surface area is 80.1 Å². The zero-order valence-corrected chi connectivity index (χ0v) is 7.55. The van der Waals surface area contributed by atoms with Crippen LogP contribution in [0.15, 0.2) is 12.1 Å². The quantitative estimate of drug-likeness (QED) is 0.677. The van der Waals surface area contributed by atoms with Crippen LogP contribution in [-0.2, 0) is 0 Å². The molecule has 5 N–H and O–H groups in total. The molecule has 1 aromatic carbocycles. The molecule has 0 fully saturated rings. The van der Waals surface area contributed by atoms with Crippen molar-refractivity contribution in [2.24, 2.45) is 11.5 Å². The maximum Gasteiger partial charge on any atom is 0.170 e. The van der Waals surface area contributed by atoms with E-state index in [1.54, 1.807) is 0 Å². The molecule has 0 amide bonds. The van der Waals surface area contributed by atoms with Crippen LogP contribution < -0.4 is 11.5 Å². The topological polar surface area (TPSA) is 72.3 Å². The second-order valence-corrected chi connectivity index (χ2v) is 3.08. The summed E-state index contributed by atoms with van der Waals surface area (Å²) >= 11 is 5.53. The van der Waals surface area contributed by atoms with Crippen LogP contribution in [-0.4, -0.2) is 11.7 Å². The van der Waals surface area contributed by atoms with Crippen molar-refractivity contribution >= 4 is 11.6 Å². The van der Waals surface area contributed by atoms with Gasteiger partial charge in [0, 0.05) is 12.6 Å². The standard InChI is InChI=1S/C8H10ClFN2O/c9-5-1-4(7(12)3-11)2-6(10)8(5)13/h1-2,7,13H,3,11-12H2/t7-/m1/s1. The number of benzene rings is 1. The van der Waals surface area contributed by atoms with Gasteiger partial charge in [-0.3, -0.25) is 0 Å². The Balaban J connectivity index is 3.13. The Morgan fingerprint density at radius 1 is 1.54 bits per heavy atom. The predicted molar refractivity (Wildman–Crippen MR) is 49.1 cm³/mol. The highest BCUT2D eigenvalue weighted by molar-refractivity contribution is 6.32. The number of phenolic OH excluding ortho intramolecular Hbond substituents is 1. The number of halogens is 2. The number of nitrogens with two attached hydrogens (primary N) is 2. The van der Waals surface area contributed by atoms with E-state index in [0.717, 1.165) is 6.07 Å². The van der Waals surface area contributed by atoms with Crippen molar-refractivity contribution in [3.8, 4) is 5.75 Å². The van der Waals surface area contributed by atoms with Gasteiger partial charge in [0.25, 0.3) is 0 Å². The molecule has 0 bridgehead atoms. The molecule has 1 atom stereocenters. The average molecular weight is 205 g/mol. The van der Waals surface area contributed by atoms with E-state index < -0.39 is 17.6 Å². The lowest BCUT2D eigenvalue weighted by Gasteiger charge is -2.10. The fraction of sp³-hybridized carbons (Fsp3) is 0.250. The third-order valence-electron chi connectivity index (χ3n) is 1.72. The van der Waals surface area contributed by atoms with Gasteiger partial charge in [0.15, 0.2) is 11.6 Å². The lowest BCUT2D eigenvalue weighted by atomic mass is 10.1. The van der Waals surface area contributed by atoms with Crippen molar-refractivity contribution in [2.75, 3.05) is 6.54 Å². The van der Waals surface area contributed by atoms with Gasteiger partial charge in [0.05, 0.1) is 5.02 Å². The van der Waals surface area contributed by atoms with Crippen molar-refractivity contribution in [1.82, 2.24) is 0 Å². The minimum atomic E-state index is -0.786. The SMILES string of the molecule is NC[C@@H](N)c1cc(F)c(O)c(Cl)c1. The smallest absolute Gasteiger partial charge is 0.170 e. The number of phenols is 1. The summed E-state index contributed by atoms with van der Waals surface area (Å²) in [5, 5.41) is 8.95. The van der Waals surface area contributed by atoms with Crippen molar-refractivity contribution in [2.45, 2.75) is 6.04 Å². The molecule has 0 heterocycles. The molecule has 1 aromatic rings. The van der Waals surface area contributed by atoms with Crippen LogP contribution >= 0.6 is 11.6 Å². The molecular weight excluding hydrogens is 195 g/mol. The summed E-state index contributed by atoms with van der Waals surface area (Å²) in [5.74, 6) is -1.35. The van der Waals surface area contributed by atoms with Crippen molar-refractivity contribution in [3.05, 3.63) is 28.5 Å². The normalized spacial score (nSPS) is 12.9. The summed E-state index contributed by atoms with van der Waals surface area (Å²) in [4.78, 5) is 0.